The van der Waals surface area contributed by atoms with Gasteiger partial charge in [0.1, 0.15) is 4.90 Å². The summed E-state index contributed by atoms with van der Waals surface area (Å²) >= 11 is 17.7. The molecular weight excluding hydrogens is 368 g/mol. The Morgan fingerprint density at radius 3 is 2.35 bits per heavy atom. The summed E-state index contributed by atoms with van der Waals surface area (Å²) in [4.78, 5) is 11.6. The number of halogens is 4. The third-order valence-electron chi connectivity index (χ3n) is 2.86. The SMILES string of the molecule is O=C(NCC1CC1)c1c(Cl)c(Cl)cc(S(=O)(=O)Cl)c1Cl. The van der Waals surface area contributed by atoms with Crippen LogP contribution in [0.5, 0.6) is 0 Å². The number of amides is 1. The molecule has 1 N–H and O–H groups in total. The molecule has 0 spiro atoms. The van der Waals surface area contributed by atoms with Gasteiger partial charge in [-0.15, -0.1) is 0 Å². The first-order chi connectivity index (χ1) is 9.21. The van der Waals surface area contributed by atoms with E-state index in [9.17, 15) is 13.2 Å². The van der Waals surface area contributed by atoms with Gasteiger partial charge in [-0.1, -0.05) is 34.8 Å². The lowest BCUT2D eigenvalue weighted by Crippen LogP contribution is -2.26. The monoisotopic (exact) mass is 375 g/mol. The van der Waals surface area contributed by atoms with Crippen LogP contribution in [0, 0.1) is 5.92 Å². The van der Waals surface area contributed by atoms with Crippen LogP contribution >= 0.6 is 45.5 Å². The lowest BCUT2D eigenvalue weighted by atomic mass is 10.2. The molecule has 1 aromatic carbocycles. The fourth-order valence-corrected chi connectivity index (χ4v) is 3.75. The van der Waals surface area contributed by atoms with Gasteiger partial charge in [0.15, 0.2) is 0 Å². The minimum atomic E-state index is -4.13. The molecule has 1 aromatic rings. The highest BCUT2D eigenvalue weighted by Crippen LogP contribution is 2.38. The summed E-state index contributed by atoms with van der Waals surface area (Å²) in [6.45, 7) is 0.487. The summed E-state index contributed by atoms with van der Waals surface area (Å²) < 4.78 is 22.8. The van der Waals surface area contributed by atoms with Gasteiger partial charge < -0.3 is 5.32 Å². The van der Waals surface area contributed by atoms with Crippen LogP contribution in [0.4, 0.5) is 0 Å². The molecule has 1 amide bonds. The Morgan fingerprint density at radius 1 is 1.25 bits per heavy atom. The quantitative estimate of drug-likeness (QED) is 0.643. The first-order valence-electron chi connectivity index (χ1n) is 5.62. The Morgan fingerprint density at radius 2 is 1.85 bits per heavy atom. The highest BCUT2D eigenvalue weighted by Gasteiger charge is 2.27. The average molecular weight is 377 g/mol. The van der Waals surface area contributed by atoms with Crippen LogP contribution in [-0.4, -0.2) is 20.9 Å². The van der Waals surface area contributed by atoms with Gasteiger partial charge in [-0.25, -0.2) is 8.42 Å². The normalized spacial score (nSPS) is 15.2. The maximum absolute atomic E-state index is 12.1. The summed E-state index contributed by atoms with van der Waals surface area (Å²) in [5, 5.41) is 2.11. The van der Waals surface area contributed by atoms with Crippen LogP contribution in [-0.2, 0) is 9.05 Å². The number of carbonyl (C=O) groups is 1. The molecule has 0 heterocycles. The molecular formula is C11H9Cl4NO3S. The fourth-order valence-electron chi connectivity index (χ4n) is 1.60. The molecule has 0 radical (unpaired) electrons. The number of carbonyl (C=O) groups excluding carboxylic acids is 1. The number of nitrogens with one attached hydrogen (secondary N) is 1. The van der Waals surface area contributed by atoms with Gasteiger partial charge in [0.25, 0.3) is 15.0 Å². The second kappa shape index (κ2) is 5.89. The van der Waals surface area contributed by atoms with Crippen molar-refractivity contribution in [3.63, 3.8) is 0 Å². The number of hydrogen-bond acceptors (Lipinski definition) is 3. The standard InChI is InChI=1S/C11H9Cl4NO3S/c12-6-3-7(20(15,18)19)10(14)8(9(6)13)11(17)16-4-5-1-2-5/h3,5H,1-2,4H2,(H,16,17). The summed E-state index contributed by atoms with van der Waals surface area (Å²) in [5.74, 6) is -0.122. The number of hydrogen-bond donors (Lipinski definition) is 1. The zero-order valence-corrected chi connectivity index (χ0v) is 13.8. The highest BCUT2D eigenvalue weighted by atomic mass is 35.7. The second-order valence-corrected chi connectivity index (χ2v) is 8.15. The first-order valence-corrected chi connectivity index (χ1v) is 9.06. The van der Waals surface area contributed by atoms with Crippen molar-refractivity contribution < 1.29 is 13.2 Å². The van der Waals surface area contributed by atoms with Gasteiger partial charge in [0.05, 0.1) is 20.6 Å². The van der Waals surface area contributed by atoms with E-state index in [1.807, 2.05) is 0 Å². The summed E-state index contributed by atoms with van der Waals surface area (Å²) in [6, 6.07) is 1.02. The molecule has 20 heavy (non-hydrogen) atoms. The summed E-state index contributed by atoms with van der Waals surface area (Å²) in [7, 11) is 1.13. The summed E-state index contributed by atoms with van der Waals surface area (Å²) in [5.41, 5.74) is -0.180. The van der Waals surface area contributed by atoms with Crippen LogP contribution in [0.1, 0.15) is 23.2 Å². The first kappa shape index (κ1) is 16.2. The van der Waals surface area contributed by atoms with Crippen molar-refractivity contribution in [2.24, 2.45) is 5.92 Å². The molecule has 0 bridgehead atoms. The summed E-state index contributed by atoms with van der Waals surface area (Å²) in [6.07, 6.45) is 2.11. The van der Waals surface area contributed by atoms with E-state index in [1.165, 1.54) is 0 Å². The Kier molecular flexibility index (Phi) is 4.76. The van der Waals surface area contributed by atoms with Gasteiger partial charge >= 0.3 is 0 Å². The molecule has 1 aliphatic rings. The predicted octanol–water partition coefficient (Wildman–Crippen LogP) is 3.71. The van der Waals surface area contributed by atoms with Crippen molar-refractivity contribution in [3.05, 3.63) is 26.7 Å². The van der Waals surface area contributed by atoms with Gasteiger partial charge in [0.2, 0.25) is 0 Å². The van der Waals surface area contributed by atoms with E-state index < -0.39 is 19.9 Å². The van der Waals surface area contributed by atoms with Crippen LogP contribution in [0.15, 0.2) is 11.0 Å². The maximum Gasteiger partial charge on any atom is 0.262 e. The molecule has 110 valence electrons. The van der Waals surface area contributed by atoms with Gasteiger partial charge in [-0.2, -0.15) is 0 Å². The van der Waals surface area contributed by atoms with Crippen LogP contribution in [0.25, 0.3) is 0 Å². The van der Waals surface area contributed by atoms with E-state index >= 15 is 0 Å². The highest BCUT2D eigenvalue weighted by molar-refractivity contribution is 8.13. The maximum atomic E-state index is 12.1. The van der Waals surface area contributed by atoms with Crippen molar-refractivity contribution in [2.45, 2.75) is 17.7 Å². The molecule has 1 saturated carbocycles. The molecule has 2 rings (SSSR count). The largest absolute Gasteiger partial charge is 0.352 e. The van der Waals surface area contributed by atoms with Gasteiger partial charge in [-0.05, 0) is 24.8 Å². The lowest BCUT2D eigenvalue weighted by Gasteiger charge is -2.11. The molecule has 0 atom stereocenters. The van der Waals surface area contributed by atoms with Crippen molar-refractivity contribution in [1.82, 2.24) is 5.32 Å². The predicted molar refractivity (Wildman–Crippen MR) is 79.6 cm³/mol. The molecule has 1 aliphatic carbocycles. The molecule has 0 aliphatic heterocycles. The molecule has 0 unspecified atom stereocenters. The van der Waals surface area contributed by atoms with Crippen LogP contribution < -0.4 is 5.32 Å². The van der Waals surface area contributed by atoms with E-state index in [0.717, 1.165) is 18.9 Å². The molecule has 1 fully saturated rings. The van der Waals surface area contributed by atoms with Crippen molar-refractivity contribution in [1.29, 1.82) is 0 Å². The second-order valence-electron chi connectivity index (χ2n) is 4.45. The topological polar surface area (TPSA) is 63.2 Å². The lowest BCUT2D eigenvalue weighted by molar-refractivity contribution is 0.0952. The van der Waals surface area contributed by atoms with Gasteiger partial charge in [-0.3, -0.25) is 4.79 Å². The van der Waals surface area contributed by atoms with Crippen molar-refractivity contribution in [2.75, 3.05) is 6.54 Å². The third kappa shape index (κ3) is 3.52. The van der Waals surface area contributed by atoms with Crippen LogP contribution in [0.3, 0.4) is 0 Å². The average Bonchev–Trinajstić information content (AvgIpc) is 3.14. The number of benzene rings is 1. The van der Waals surface area contributed by atoms with E-state index in [1.54, 1.807) is 0 Å². The van der Waals surface area contributed by atoms with E-state index in [4.69, 9.17) is 45.5 Å². The minimum absolute atomic E-state index is 0.103. The van der Waals surface area contributed by atoms with Gasteiger partial charge in [0, 0.05) is 17.2 Å². The third-order valence-corrected chi connectivity index (χ3v) is 5.50. The molecule has 0 aromatic heterocycles. The zero-order chi connectivity index (χ0) is 15.1. The van der Waals surface area contributed by atoms with E-state index in [-0.39, 0.29) is 20.6 Å². The Hall–Kier alpha value is -0.200. The molecule has 0 saturated heterocycles. The van der Waals surface area contributed by atoms with E-state index in [2.05, 4.69) is 5.32 Å². The van der Waals surface area contributed by atoms with Crippen LogP contribution in [0.2, 0.25) is 15.1 Å². The smallest absolute Gasteiger partial charge is 0.262 e. The Bertz CT molecular complexity index is 671. The Labute approximate surface area is 135 Å². The minimum Gasteiger partial charge on any atom is -0.352 e. The molecule has 9 heteroatoms. The van der Waals surface area contributed by atoms with Crippen molar-refractivity contribution in [3.8, 4) is 0 Å². The van der Waals surface area contributed by atoms with E-state index in [0.29, 0.717) is 12.5 Å². The Balaban J connectivity index is 2.44. The van der Waals surface area contributed by atoms with Crippen molar-refractivity contribution >= 4 is 60.4 Å². The number of rotatable bonds is 4. The fraction of sp³-hybridized carbons (Fsp3) is 0.364. The molecule has 4 nitrogen and oxygen atoms in total. The zero-order valence-electron chi connectivity index (χ0n) is 9.92.